The lowest BCUT2D eigenvalue weighted by molar-refractivity contribution is 0.174. The van der Waals surface area contributed by atoms with E-state index in [-0.39, 0.29) is 5.25 Å². The first-order valence-corrected chi connectivity index (χ1v) is 7.94. The molecule has 0 spiro atoms. The number of hydrogen-bond donors (Lipinski definition) is 0. The number of rotatable bonds is 6. The zero-order valence-electron chi connectivity index (χ0n) is 12.4. The molecule has 1 saturated carbocycles. The van der Waals surface area contributed by atoms with Crippen molar-refractivity contribution >= 4 is 11.8 Å². The van der Waals surface area contributed by atoms with Gasteiger partial charge in [-0.2, -0.15) is 4.98 Å². The van der Waals surface area contributed by atoms with E-state index in [4.69, 9.17) is 9.26 Å². The van der Waals surface area contributed by atoms with Crippen molar-refractivity contribution < 1.29 is 9.26 Å². The van der Waals surface area contributed by atoms with Gasteiger partial charge in [0.1, 0.15) is 12.4 Å². The summed E-state index contributed by atoms with van der Waals surface area (Å²) in [6.45, 7) is 2.38. The van der Waals surface area contributed by atoms with E-state index in [1.54, 1.807) is 18.9 Å². The van der Waals surface area contributed by atoms with Gasteiger partial charge < -0.3 is 13.8 Å². The van der Waals surface area contributed by atoms with Crippen molar-refractivity contribution in [1.82, 2.24) is 24.9 Å². The second-order valence-corrected chi connectivity index (χ2v) is 6.58. The van der Waals surface area contributed by atoms with E-state index in [0.29, 0.717) is 24.2 Å². The van der Waals surface area contributed by atoms with Gasteiger partial charge in [0.05, 0.1) is 5.25 Å². The molecule has 21 heavy (non-hydrogen) atoms. The fourth-order valence-corrected chi connectivity index (χ4v) is 3.13. The van der Waals surface area contributed by atoms with E-state index in [1.807, 2.05) is 14.0 Å². The van der Waals surface area contributed by atoms with Crippen LogP contribution in [0.1, 0.15) is 54.9 Å². The summed E-state index contributed by atoms with van der Waals surface area (Å²) in [5.41, 5.74) is 0. The topological polar surface area (TPSA) is 78.9 Å². The summed E-state index contributed by atoms with van der Waals surface area (Å²) in [6.07, 6.45) is 3.73. The zero-order valence-corrected chi connectivity index (χ0v) is 13.3. The van der Waals surface area contributed by atoms with Crippen molar-refractivity contribution in [2.45, 2.75) is 49.1 Å². The van der Waals surface area contributed by atoms with Gasteiger partial charge in [0.25, 0.3) is 0 Å². The van der Waals surface area contributed by atoms with Crippen molar-refractivity contribution in [3.63, 3.8) is 0 Å². The molecule has 0 unspecified atom stereocenters. The summed E-state index contributed by atoms with van der Waals surface area (Å²) in [5, 5.41) is 13.4. The number of aromatic nitrogens is 5. The molecule has 1 atom stereocenters. The van der Waals surface area contributed by atoms with Gasteiger partial charge in [-0.3, -0.25) is 0 Å². The smallest absolute Gasteiger partial charge is 0.240 e. The van der Waals surface area contributed by atoms with Crippen molar-refractivity contribution in [3.8, 4) is 0 Å². The van der Waals surface area contributed by atoms with E-state index in [2.05, 4.69) is 24.9 Å². The normalized spacial score (nSPS) is 16.9. The van der Waals surface area contributed by atoms with E-state index in [9.17, 15) is 0 Å². The van der Waals surface area contributed by atoms with Gasteiger partial charge in [-0.25, -0.2) is 0 Å². The van der Waals surface area contributed by atoms with Crippen molar-refractivity contribution in [2.24, 2.45) is 7.05 Å². The number of thioether (sulfide) groups is 1. The van der Waals surface area contributed by atoms with Gasteiger partial charge in [-0.05, 0) is 19.8 Å². The van der Waals surface area contributed by atoms with Crippen LogP contribution in [0.5, 0.6) is 0 Å². The number of nitrogens with zero attached hydrogens (tertiary/aromatic N) is 5. The Morgan fingerprint density at radius 1 is 1.43 bits per heavy atom. The molecule has 0 saturated heterocycles. The van der Waals surface area contributed by atoms with Gasteiger partial charge in [-0.15, -0.1) is 10.2 Å². The maximum Gasteiger partial charge on any atom is 0.240 e. The van der Waals surface area contributed by atoms with E-state index >= 15 is 0 Å². The van der Waals surface area contributed by atoms with Crippen LogP contribution >= 0.6 is 11.8 Å². The molecule has 0 amide bonds. The Hall–Kier alpha value is -1.41. The minimum atomic E-state index is 0.0280. The molecule has 1 aliphatic rings. The van der Waals surface area contributed by atoms with Crippen LogP contribution in [0.4, 0.5) is 0 Å². The first kappa shape index (κ1) is 14.5. The van der Waals surface area contributed by atoms with Gasteiger partial charge in [-0.1, -0.05) is 23.3 Å². The number of hydrogen-bond acceptors (Lipinski definition) is 7. The van der Waals surface area contributed by atoms with Crippen molar-refractivity contribution in [3.05, 3.63) is 17.5 Å². The molecule has 0 aliphatic heterocycles. The molecular weight excluding hydrogens is 290 g/mol. The highest BCUT2D eigenvalue weighted by Gasteiger charge is 2.26. The van der Waals surface area contributed by atoms with Crippen LogP contribution in [0, 0.1) is 0 Å². The largest absolute Gasteiger partial charge is 0.377 e. The molecule has 0 radical (unpaired) electrons. The zero-order chi connectivity index (χ0) is 14.8. The third kappa shape index (κ3) is 2.96. The molecule has 3 rings (SSSR count). The summed E-state index contributed by atoms with van der Waals surface area (Å²) in [5.74, 6) is 2.80. The Balaban J connectivity index is 1.68. The maximum absolute atomic E-state index is 5.26. The predicted octanol–water partition coefficient (Wildman–Crippen LogP) is 2.47. The second kappa shape index (κ2) is 6.15. The minimum absolute atomic E-state index is 0.0280. The average molecular weight is 309 g/mol. The van der Waals surface area contributed by atoms with Gasteiger partial charge in [0, 0.05) is 20.1 Å². The van der Waals surface area contributed by atoms with Crippen molar-refractivity contribution in [1.29, 1.82) is 0 Å². The van der Waals surface area contributed by atoms with E-state index in [1.165, 1.54) is 19.3 Å². The Labute approximate surface area is 127 Å². The van der Waals surface area contributed by atoms with Gasteiger partial charge in [0.2, 0.25) is 5.89 Å². The number of ether oxygens (including phenoxy) is 1. The summed E-state index contributed by atoms with van der Waals surface area (Å²) >= 11 is 1.58. The lowest BCUT2D eigenvalue weighted by Crippen LogP contribution is -2.14. The van der Waals surface area contributed by atoms with Gasteiger partial charge in [0.15, 0.2) is 11.0 Å². The lowest BCUT2D eigenvalue weighted by atomic mass is 9.85. The minimum Gasteiger partial charge on any atom is -0.377 e. The Bertz CT molecular complexity index is 607. The van der Waals surface area contributed by atoms with Crippen LogP contribution in [0.3, 0.4) is 0 Å². The van der Waals surface area contributed by atoms with Crippen molar-refractivity contribution in [2.75, 3.05) is 7.11 Å². The average Bonchev–Trinajstić information content (AvgIpc) is 2.99. The highest BCUT2D eigenvalue weighted by Crippen LogP contribution is 2.38. The maximum atomic E-state index is 5.26. The molecule has 0 aromatic carbocycles. The first-order chi connectivity index (χ1) is 10.2. The molecule has 1 fully saturated rings. The van der Waals surface area contributed by atoms with Gasteiger partial charge >= 0.3 is 0 Å². The quantitative estimate of drug-likeness (QED) is 0.758. The molecule has 8 heteroatoms. The summed E-state index contributed by atoms with van der Waals surface area (Å²) < 4.78 is 12.3. The second-order valence-electron chi connectivity index (χ2n) is 5.27. The van der Waals surface area contributed by atoms with Crippen LogP contribution in [-0.2, 0) is 18.4 Å². The lowest BCUT2D eigenvalue weighted by Gasteiger charge is -2.24. The Kier molecular flexibility index (Phi) is 4.25. The van der Waals surface area contributed by atoms with Crippen LogP contribution in [0.15, 0.2) is 9.68 Å². The molecule has 2 aromatic rings. The molecule has 0 N–H and O–H groups in total. The summed E-state index contributed by atoms with van der Waals surface area (Å²) in [6, 6.07) is 0. The van der Waals surface area contributed by atoms with E-state index in [0.717, 1.165) is 11.0 Å². The molecule has 2 aromatic heterocycles. The summed E-state index contributed by atoms with van der Waals surface area (Å²) in [7, 11) is 3.63. The third-order valence-corrected chi connectivity index (χ3v) is 4.85. The standard InChI is InChI=1S/C13H19N5O2S/c1-8(12-14-10(7-19-3)17-20-12)21-13-16-15-11(18(13)2)9-5-4-6-9/h8-9H,4-7H2,1-3H3/t8-/m1/s1. The van der Waals surface area contributed by atoms with Crippen LogP contribution in [0.25, 0.3) is 0 Å². The number of methoxy groups -OCH3 is 1. The van der Waals surface area contributed by atoms with Crippen LogP contribution < -0.4 is 0 Å². The molecule has 2 heterocycles. The molecule has 7 nitrogen and oxygen atoms in total. The third-order valence-electron chi connectivity index (χ3n) is 3.73. The van der Waals surface area contributed by atoms with E-state index < -0.39 is 0 Å². The fourth-order valence-electron chi connectivity index (χ4n) is 2.28. The molecule has 1 aliphatic carbocycles. The SMILES string of the molecule is COCc1noc([C@@H](C)Sc2nnc(C3CCC3)n2C)n1. The highest BCUT2D eigenvalue weighted by atomic mass is 32.2. The van der Waals surface area contributed by atoms with Crippen LogP contribution in [0.2, 0.25) is 0 Å². The fraction of sp³-hybridized carbons (Fsp3) is 0.692. The molecule has 114 valence electrons. The predicted molar refractivity (Wildman–Crippen MR) is 76.9 cm³/mol. The molecule has 0 bridgehead atoms. The summed E-state index contributed by atoms with van der Waals surface area (Å²) in [4.78, 5) is 4.31. The Morgan fingerprint density at radius 2 is 2.24 bits per heavy atom. The first-order valence-electron chi connectivity index (χ1n) is 7.06. The molecular formula is C13H19N5O2S. The highest BCUT2D eigenvalue weighted by molar-refractivity contribution is 7.99. The monoisotopic (exact) mass is 309 g/mol. The van der Waals surface area contributed by atoms with Crippen LogP contribution in [-0.4, -0.2) is 32.0 Å². The Morgan fingerprint density at radius 3 is 2.90 bits per heavy atom.